The first kappa shape index (κ1) is 24.3. The Morgan fingerprint density at radius 3 is 2.46 bits per heavy atom. The summed E-state index contributed by atoms with van der Waals surface area (Å²) in [5.41, 5.74) is 2.42. The van der Waals surface area contributed by atoms with E-state index >= 15 is 0 Å². The van der Waals surface area contributed by atoms with Crippen LogP contribution in [-0.4, -0.2) is 55.9 Å². The summed E-state index contributed by atoms with van der Waals surface area (Å²) in [6.07, 6.45) is 4.69. The number of carbonyl (C=O) groups excluding carboxylic acids is 2. The molecule has 4 rings (SSSR count). The highest BCUT2D eigenvalue weighted by molar-refractivity contribution is 6.33. The smallest absolute Gasteiger partial charge is 0.419 e. The number of benzene rings is 1. The predicted molar refractivity (Wildman–Crippen MR) is 136 cm³/mol. The molecular formula is C25H27ClN6O3. The number of rotatable bonds is 4. The fraction of sp³-hybridized carbons (Fsp3) is 0.280. The lowest BCUT2D eigenvalue weighted by Crippen LogP contribution is -2.27. The van der Waals surface area contributed by atoms with Gasteiger partial charge in [-0.1, -0.05) is 11.6 Å². The SMILES string of the molecule is CN(C)C(=O)c1ccc(Nc2cc3c(cn2)cc(-c2cnn(C)c2)n3C(=O)OC(C)(C)C)c(Cl)c1. The minimum Gasteiger partial charge on any atom is -0.443 e. The molecule has 0 atom stereocenters. The molecule has 0 saturated heterocycles. The summed E-state index contributed by atoms with van der Waals surface area (Å²) in [7, 11) is 5.18. The van der Waals surface area contributed by atoms with Crippen LogP contribution in [0.25, 0.3) is 22.2 Å². The molecule has 0 bridgehead atoms. The zero-order valence-electron chi connectivity index (χ0n) is 20.5. The van der Waals surface area contributed by atoms with E-state index in [2.05, 4.69) is 15.4 Å². The van der Waals surface area contributed by atoms with E-state index in [1.54, 1.807) is 55.4 Å². The highest BCUT2D eigenvalue weighted by atomic mass is 35.5. The monoisotopic (exact) mass is 494 g/mol. The summed E-state index contributed by atoms with van der Waals surface area (Å²) in [4.78, 5) is 31.4. The molecule has 1 amide bonds. The van der Waals surface area contributed by atoms with Crippen molar-refractivity contribution in [2.75, 3.05) is 19.4 Å². The van der Waals surface area contributed by atoms with Gasteiger partial charge in [-0.15, -0.1) is 0 Å². The number of aromatic nitrogens is 4. The third-order valence-electron chi connectivity index (χ3n) is 5.15. The molecule has 9 nitrogen and oxygen atoms in total. The van der Waals surface area contributed by atoms with E-state index in [0.29, 0.717) is 33.3 Å². The Kier molecular flexibility index (Phi) is 6.29. The van der Waals surface area contributed by atoms with Crippen molar-refractivity contribution in [2.45, 2.75) is 26.4 Å². The quantitative estimate of drug-likeness (QED) is 0.412. The first-order valence-corrected chi connectivity index (χ1v) is 11.3. The van der Waals surface area contributed by atoms with Gasteiger partial charge in [0, 0.05) is 56.1 Å². The average Bonchev–Trinajstić information content (AvgIpc) is 3.36. The number of carbonyl (C=O) groups is 2. The predicted octanol–water partition coefficient (Wildman–Crippen LogP) is 5.32. The van der Waals surface area contributed by atoms with Crippen LogP contribution in [-0.2, 0) is 11.8 Å². The molecule has 1 aromatic carbocycles. The topological polar surface area (TPSA) is 94.3 Å². The van der Waals surface area contributed by atoms with Crippen molar-refractivity contribution in [3.63, 3.8) is 0 Å². The van der Waals surface area contributed by atoms with Gasteiger partial charge in [0.15, 0.2) is 0 Å². The second-order valence-corrected chi connectivity index (χ2v) is 9.80. The minimum absolute atomic E-state index is 0.142. The number of hydrogen-bond acceptors (Lipinski definition) is 6. The fourth-order valence-corrected chi connectivity index (χ4v) is 3.81. The maximum absolute atomic E-state index is 13.2. The molecule has 0 saturated carbocycles. The number of nitrogens with zero attached hydrogens (tertiary/aromatic N) is 5. The Balaban J connectivity index is 1.76. The number of pyridine rings is 1. The molecule has 3 heterocycles. The molecule has 182 valence electrons. The number of fused-ring (bicyclic) bond motifs is 1. The Morgan fingerprint density at radius 1 is 1.11 bits per heavy atom. The van der Waals surface area contributed by atoms with E-state index in [1.807, 2.05) is 40.1 Å². The first-order valence-electron chi connectivity index (χ1n) is 10.9. The van der Waals surface area contributed by atoms with Crippen molar-refractivity contribution in [1.82, 2.24) is 24.2 Å². The number of nitrogens with one attached hydrogen (secondary N) is 1. The number of halogens is 1. The summed E-state index contributed by atoms with van der Waals surface area (Å²) in [5.74, 6) is 0.336. The van der Waals surface area contributed by atoms with Crippen LogP contribution in [0.3, 0.4) is 0 Å². The van der Waals surface area contributed by atoms with Gasteiger partial charge in [0.2, 0.25) is 0 Å². The van der Waals surface area contributed by atoms with Gasteiger partial charge >= 0.3 is 6.09 Å². The molecule has 0 aliphatic rings. The number of aryl methyl sites for hydroxylation is 1. The van der Waals surface area contributed by atoms with E-state index in [9.17, 15) is 9.59 Å². The van der Waals surface area contributed by atoms with E-state index in [4.69, 9.17) is 16.3 Å². The van der Waals surface area contributed by atoms with E-state index in [-0.39, 0.29) is 5.91 Å². The van der Waals surface area contributed by atoms with Crippen LogP contribution in [0, 0.1) is 0 Å². The summed E-state index contributed by atoms with van der Waals surface area (Å²) in [6.45, 7) is 5.46. The lowest BCUT2D eigenvalue weighted by atomic mass is 10.2. The van der Waals surface area contributed by atoms with Crippen LogP contribution in [0.5, 0.6) is 0 Å². The standard InChI is InChI=1S/C25H27ClN6O3/c1-25(2,3)35-24(34)32-20(17-13-28-31(6)14-17)10-16-12-27-22(11-21(16)32)29-19-8-7-15(9-18(19)26)23(33)30(4)5/h7-14H,1-6H3,(H,27,29). The van der Waals surface area contributed by atoms with Crippen molar-refractivity contribution in [3.05, 3.63) is 59.5 Å². The minimum atomic E-state index is -0.673. The zero-order valence-corrected chi connectivity index (χ0v) is 21.2. The molecule has 0 radical (unpaired) electrons. The van der Waals surface area contributed by atoms with Gasteiger partial charge in [0.25, 0.3) is 5.91 Å². The molecule has 0 aliphatic heterocycles. The van der Waals surface area contributed by atoms with Crippen LogP contribution in [0.1, 0.15) is 31.1 Å². The number of anilines is 2. The molecule has 0 unspecified atom stereocenters. The highest BCUT2D eigenvalue weighted by Crippen LogP contribution is 2.32. The number of hydrogen-bond donors (Lipinski definition) is 1. The van der Waals surface area contributed by atoms with E-state index < -0.39 is 11.7 Å². The maximum Gasteiger partial charge on any atom is 0.419 e. The van der Waals surface area contributed by atoms with Crippen LogP contribution in [0.15, 0.2) is 48.9 Å². The molecule has 0 aliphatic carbocycles. The average molecular weight is 495 g/mol. The van der Waals surface area contributed by atoms with Crippen LogP contribution in [0.2, 0.25) is 5.02 Å². The molecule has 1 N–H and O–H groups in total. The molecule has 0 spiro atoms. The van der Waals surface area contributed by atoms with Gasteiger partial charge in [-0.2, -0.15) is 5.10 Å². The summed E-state index contributed by atoms with van der Waals surface area (Å²) in [6, 6.07) is 8.66. The molecule has 10 heteroatoms. The van der Waals surface area contributed by atoms with Crippen LogP contribution in [0.4, 0.5) is 16.3 Å². The van der Waals surface area contributed by atoms with E-state index in [0.717, 1.165) is 10.9 Å². The Hall–Kier alpha value is -3.85. The molecule has 3 aromatic heterocycles. The zero-order chi connectivity index (χ0) is 25.5. The second-order valence-electron chi connectivity index (χ2n) is 9.40. The van der Waals surface area contributed by atoms with Crippen molar-refractivity contribution in [1.29, 1.82) is 0 Å². The van der Waals surface area contributed by atoms with Gasteiger partial charge in [-0.3, -0.25) is 9.48 Å². The summed E-state index contributed by atoms with van der Waals surface area (Å²) < 4.78 is 8.88. The first-order chi connectivity index (χ1) is 16.4. The van der Waals surface area contributed by atoms with Crippen LogP contribution < -0.4 is 5.32 Å². The largest absolute Gasteiger partial charge is 0.443 e. The van der Waals surface area contributed by atoms with E-state index in [1.165, 1.54) is 9.47 Å². The van der Waals surface area contributed by atoms with Crippen LogP contribution >= 0.6 is 11.6 Å². The van der Waals surface area contributed by atoms with Gasteiger partial charge in [0.1, 0.15) is 11.4 Å². The fourth-order valence-electron chi connectivity index (χ4n) is 3.59. The molecule has 4 aromatic rings. The number of amides is 1. The number of ether oxygens (including phenoxy) is 1. The Labute approximate surface area is 208 Å². The van der Waals surface area contributed by atoms with Gasteiger partial charge in [0.05, 0.1) is 28.1 Å². The second kappa shape index (κ2) is 9.07. The molecule has 35 heavy (non-hydrogen) atoms. The Bertz CT molecular complexity index is 1430. The molecular weight excluding hydrogens is 468 g/mol. The van der Waals surface area contributed by atoms with Crippen molar-refractivity contribution in [3.8, 4) is 11.3 Å². The van der Waals surface area contributed by atoms with Gasteiger partial charge in [-0.05, 0) is 45.0 Å². The van der Waals surface area contributed by atoms with Gasteiger partial charge < -0.3 is 15.0 Å². The summed E-state index contributed by atoms with van der Waals surface area (Å²) in [5, 5.41) is 8.55. The van der Waals surface area contributed by atoms with Crippen molar-refractivity contribution in [2.24, 2.45) is 7.05 Å². The van der Waals surface area contributed by atoms with Gasteiger partial charge in [-0.25, -0.2) is 14.3 Å². The third kappa shape index (κ3) is 5.14. The maximum atomic E-state index is 13.2. The third-order valence-corrected chi connectivity index (χ3v) is 5.46. The Morgan fingerprint density at radius 2 is 1.86 bits per heavy atom. The highest BCUT2D eigenvalue weighted by Gasteiger charge is 2.24. The molecule has 0 fully saturated rings. The lowest BCUT2D eigenvalue weighted by Gasteiger charge is -2.21. The van der Waals surface area contributed by atoms with Crippen molar-refractivity contribution < 1.29 is 14.3 Å². The lowest BCUT2D eigenvalue weighted by molar-refractivity contribution is 0.0547. The van der Waals surface area contributed by atoms with Crippen molar-refractivity contribution >= 4 is 46.0 Å². The normalized spacial score (nSPS) is 11.5. The summed E-state index contributed by atoms with van der Waals surface area (Å²) >= 11 is 6.44.